The van der Waals surface area contributed by atoms with E-state index in [9.17, 15) is 4.79 Å². The van der Waals surface area contributed by atoms with Crippen LogP contribution in [0.3, 0.4) is 0 Å². The molecule has 0 bridgehead atoms. The third-order valence-electron chi connectivity index (χ3n) is 1.78. The van der Waals surface area contributed by atoms with Crippen molar-refractivity contribution in [3.8, 4) is 0 Å². The molecule has 1 fully saturated rings. The van der Waals surface area contributed by atoms with E-state index in [1.165, 1.54) is 23.7 Å². The molecule has 1 atom stereocenters. The third kappa shape index (κ3) is 4.26. The first-order valence-corrected chi connectivity index (χ1v) is 7.38. The number of hydrogen-bond donors (Lipinski definition) is 1. The van der Waals surface area contributed by atoms with E-state index in [0.717, 1.165) is 12.8 Å². The summed E-state index contributed by atoms with van der Waals surface area (Å²) in [4.78, 5) is 10.2. The molecule has 70 valence electrons. The van der Waals surface area contributed by atoms with Gasteiger partial charge in [0.25, 0.3) is 0 Å². The maximum absolute atomic E-state index is 10.2. The lowest BCUT2D eigenvalue weighted by molar-refractivity contribution is -0.137. The molecule has 12 heavy (non-hydrogen) atoms. The van der Waals surface area contributed by atoms with Gasteiger partial charge in [-0.1, -0.05) is 0 Å². The van der Waals surface area contributed by atoms with Crippen molar-refractivity contribution in [2.45, 2.75) is 25.7 Å². The van der Waals surface area contributed by atoms with Gasteiger partial charge in [-0.05, 0) is 12.8 Å². The van der Waals surface area contributed by atoms with Crippen LogP contribution in [0.1, 0.15) is 25.7 Å². The second-order valence-corrected chi connectivity index (χ2v) is 7.34. The predicted octanol–water partition coefficient (Wildman–Crippen LogP) is 1.91. The molecule has 0 aliphatic carbocycles. The van der Waals surface area contributed by atoms with Crippen LogP contribution in [-0.4, -0.2) is 28.3 Å². The standard InChI is InChI=1S/C8H14O2S2/c9-8(10)4-1-2-6-12-7-3-5-11-12/h1-7H2/p+1. The number of carboxylic acids is 1. The van der Waals surface area contributed by atoms with Gasteiger partial charge in [-0.2, -0.15) is 0 Å². The van der Waals surface area contributed by atoms with Crippen LogP contribution in [0.2, 0.25) is 0 Å². The molecule has 0 amide bonds. The van der Waals surface area contributed by atoms with E-state index >= 15 is 0 Å². The van der Waals surface area contributed by atoms with Gasteiger partial charge in [0.1, 0.15) is 11.5 Å². The first kappa shape index (κ1) is 10.3. The van der Waals surface area contributed by atoms with Crippen LogP contribution in [0.25, 0.3) is 0 Å². The minimum atomic E-state index is -0.655. The average Bonchev–Trinajstić information content (AvgIpc) is 2.49. The van der Waals surface area contributed by atoms with Crippen LogP contribution in [0.4, 0.5) is 0 Å². The van der Waals surface area contributed by atoms with Crippen molar-refractivity contribution < 1.29 is 9.90 Å². The lowest BCUT2D eigenvalue weighted by atomic mass is 10.3. The second kappa shape index (κ2) is 5.75. The van der Waals surface area contributed by atoms with Gasteiger partial charge < -0.3 is 5.11 Å². The maximum atomic E-state index is 10.2. The Morgan fingerprint density at radius 1 is 1.50 bits per heavy atom. The van der Waals surface area contributed by atoms with Gasteiger partial charge in [-0.25, -0.2) is 0 Å². The number of carbonyl (C=O) groups is 1. The molecule has 2 nitrogen and oxygen atoms in total. The van der Waals surface area contributed by atoms with Gasteiger partial charge in [-0.3, -0.25) is 4.79 Å². The molecule has 0 aromatic carbocycles. The SMILES string of the molecule is O=C(O)CCCC[S+]1CCCS1. The topological polar surface area (TPSA) is 37.3 Å². The van der Waals surface area contributed by atoms with E-state index in [4.69, 9.17) is 5.11 Å². The Balaban J connectivity index is 1.91. The van der Waals surface area contributed by atoms with Gasteiger partial charge in [0.15, 0.2) is 0 Å². The first-order valence-electron chi connectivity index (χ1n) is 4.31. The monoisotopic (exact) mass is 207 g/mol. The molecule has 1 unspecified atom stereocenters. The van der Waals surface area contributed by atoms with Gasteiger partial charge >= 0.3 is 5.97 Å². The molecule has 1 aliphatic heterocycles. The molecule has 1 aliphatic rings. The van der Waals surface area contributed by atoms with Crippen molar-refractivity contribution in [2.75, 3.05) is 17.3 Å². The van der Waals surface area contributed by atoms with E-state index in [1.807, 2.05) is 0 Å². The molecule has 1 rings (SSSR count). The molecule has 1 heterocycles. The molecule has 0 saturated carbocycles. The van der Waals surface area contributed by atoms with E-state index in [-0.39, 0.29) is 0 Å². The van der Waals surface area contributed by atoms with Crippen molar-refractivity contribution in [1.29, 1.82) is 0 Å². The molecular formula is C8H15O2S2+. The summed E-state index contributed by atoms with van der Waals surface area (Å²) in [6, 6.07) is 0. The van der Waals surface area contributed by atoms with E-state index in [1.54, 1.807) is 0 Å². The van der Waals surface area contributed by atoms with Crippen LogP contribution in [0.15, 0.2) is 0 Å². The zero-order valence-electron chi connectivity index (χ0n) is 7.12. The van der Waals surface area contributed by atoms with Gasteiger partial charge in [0, 0.05) is 18.6 Å². The molecule has 4 heteroatoms. The van der Waals surface area contributed by atoms with E-state index < -0.39 is 5.97 Å². The maximum Gasteiger partial charge on any atom is 0.303 e. The summed E-state index contributed by atoms with van der Waals surface area (Å²) >= 11 is 0. The molecule has 0 spiro atoms. The van der Waals surface area contributed by atoms with Gasteiger partial charge in [0.2, 0.25) is 0 Å². The Labute approximate surface area is 79.9 Å². The van der Waals surface area contributed by atoms with Crippen molar-refractivity contribution in [3.63, 3.8) is 0 Å². The second-order valence-electron chi connectivity index (χ2n) is 2.87. The van der Waals surface area contributed by atoms with Crippen molar-refractivity contribution >= 4 is 26.7 Å². The molecule has 0 radical (unpaired) electrons. The van der Waals surface area contributed by atoms with Crippen molar-refractivity contribution in [3.05, 3.63) is 0 Å². The highest BCUT2D eigenvalue weighted by Crippen LogP contribution is 2.27. The van der Waals surface area contributed by atoms with Crippen molar-refractivity contribution in [1.82, 2.24) is 0 Å². The number of hydrogen-bond acceptors (Lipinski definition) is 2. The quantitative estimate of drug-likeness (QED) is 0.425. The summed E-state index contributed by atoms with van der Waals surface area (Å²) in [6.45, 7) is 0. The fourth-order valence-electron chi connectivity index (χ4n) is 1.16. The van der Waals surface area contributed by atoms with Gasteiger partial charge in [-0.15, -0.1) is 0 Å². The van der Waals surface area contributed by atoms with E-state index in [0.29, 0.717) is 16.3 Å². The predicted molar refractivity (Wildman–Crippen MR) is 55.7 cm³/mol. The number of unbranched alkanes of at least 4 members (excludes halogenated alkanes) is 1. The Morgan fingerprint density at radius 2 is 2.33 bits per heavy atom. The fraction of sp³-hybridized carbons (Fsp3) is 0.875. The van der Waals surface area contributed by atoms with Crippen LogP contribution in [-0.2, 0) is 14.7 Å². The largest absolute Gasteiger partial charge is 0.481 e. The summed E-state index contributed by atoms with van der Waals surface area (Å²) in [5, 5.41) is 8.40. The summed E-state index contributed by atoms with van der Waals surface area (Å²) in [5.74, 6) is 3.29. The average molecular weight is 207 g/mol. The van der Waals surface area contributed by atoms with Crippen LogP contribution < -0.4 is 0 Å². The number of carboxylic acid groups (broad SMARTS) is 1. The summed E-state index contributed by atoms with van der Waals surface area (Å²) in [6.07, 6.45) is 3.68. The lowest BCUT2D eigenvalue weighted by Gasteiger charge is -1.96. The Hall–Kier alpha value is 0.170. The normalized spacial score (nSPS) is 22.8. The van der Waals surface area contributed by atoms with Crippen LogP contribution >= 0.6 is 10.8 Å². The fourth-order valence-corrected chi connectivity index (χ4v) is 5.74. The smallest absolute Gasteiger partial charge is 0.303 e. The lowest BCUT2D eigenvalue weighted by Crippen LogP contribution is -2.03. The first-order chi connectivity index (χ1) is 5.79. The van der Waals surface area contributed by atoms with E-state index in [2.05, 4.69) is 10.8 Å². The summed E-state index contributed by atoms with van der Waals surface area (Å²) in [5.41, 5.74) is 0. The highest BCUT2D eigenvalue weighted by atomic mass is 33.1. The zero-order chi connectivity index (χ0) is 8.81. The third-order valence-corrected chi connectivity index (χ3v) is 6.56. The van der Waals surface area contributed by atoms with Crippen molar-refractivity contribution in [2.24, 2.45) is 0 Å². The zero-order valence-corrected chi connectivity index (χ0v) is 8.75. The van der Waals surface area contributed by atoms with Gasteiger partial charge in [0.05, 0.1) is 20.7 Å². The number of rotatable bonds is 5. The molecule has 0 aromatic rings. The van der Waals surface area contributed by atoms with Crippen LogP contribution in [0, 0.1) is 0 Å². The van der Waals surface area contributed by atoms with Crippen LogP contribution in [0.5, 0.6) is 0 Å². The molecule has 1 saturated heterocycles. The minimum absolute atomic E-state index is 0.349. The highest BCUT2D eigenvalue weighted by Gasteiger charge is 2.25. The molecule has 1 N–H and O–H groups in total. The minimum Gasteiger partial charge on any atom is -0.481 e. The number of aliphatic carboxylic acids is 1. The Bertz CT molecular complexity index is 144. The summed E-state index contributed by atoms with van der Waals surface area (Å²) in [7, 11) is 2.66. The Morgan fingerprint density at radius 3 is 2.92 bits per heavy atom. The Kier molecular flexibility index (Phi) is 4.92. The molecule has 0 aromatic heterocycles. The summed E-state index contributed by atoms with van der Waals surface area (Å²) < 4.78 is 0. The molecular weight excluding hydrogens is 192 g/mol. The highest BCUT2D eigenvalue weighted by molar-refractivity contribution is 8.74.